The molecule has 2 rings (SSSR count). The van der Waals surface area contributed by atoms with Crippen LogP contribution in [-0.2, 0) is 6.54 Å². The molecule has 0 saturated carbocycles. The highest BCUT2D eigenvalue weighted by Crippen LogP contribution is 2.20. The van der Waals surface area contributed by atoms with Crippen LogP contribution in [0.3, 0.4) is 0 Å². The first-order chi connectivity index (χ1) is 9.47. The molecule has 0 fully saturated rings. The van der Waals surface area contributed by atoms with E-state index in [0.717, 1.165) is 6.07 Å². The summed E-state index contributed by atoms with van der Waals surface area (Å²) in [4.78, 5) is 10.9. The molecular formula is C14H11ClF2N2O. The molecular weight excluding hydrogens is 286 g/mol. The second-order valence-corrected chi connectivity index (χ2v) is 4.56. The summed E-state index contributed by atoms with van der Waals surface area (Å²) in [5.74, 6) is -1.80. The molecule has 1 amide bonds. The quantitative estimate of drug-likeness (QED) is 0.909. The number of hydrogen-bond donors (Lipinski definition) is 2. The van der Waals surface area contributed by atoms with E-state index in [1.165, 1.54) is 24.3 Å². The zero-order valence-electron chi connectivity index (χ0n) is 10.3. The number of amides is 1. The summed E-state index contributed by atoms with van der Waals surface area (Å²) in [5.41, 5.74) is 5.97. The Morgan fingerprint density at radius 2 is 1.90 bits per heavy atom. The second-order valence-electron chi connectivity index (χ2n) is 4.15. The summed E-state index contributed by atoms with van der Waals surface area (Å²) < 4.78 is 26.9. The lowest BCUT2D eigenvalue weighted by Crippen LogP contribution is -2.12. The number of carbonyl (C=O) groups is 1. The first kappa shape index (κ1) is 14.3. The Kier molecular flexibility index (Phi) is 4.20. The lowest BCUT2D eigenvalue weighted by atomic mass is 10.1. The summed E-state index contributed by atoms with van der Waals surface area (Å²) in [6.07, 6.45) is 0. The molecule has 0 aromatic heterocycles. The lowest BCUT2D eigenvalue weighted by Gasteiger charge is -2.08. The highest BCUT2D eigenvalue weighted by molar-refractivity contribution is 6.30. The fourth-order valence-corrected chi connectivity index (χ4v) is 1.76. The van der Waals surface area contributed by atoms with Gasteiger partial charge in [0, 0.05) is 23.4 Å². The van der Waals surface area contributed by atoms with E-state index in [4.69, 9.17) is 17.3 Å². The van der Waals surface area contributed by atoms with Crippen LogP contribution < -0.4 is 11.1 Å². The van der Waals surface area contributed by atoms with Crippen LogP contribution in [0.5, 0.6) is 0 Å². The summed E-state index contributed by atoms with van der Waals surface area (Å²) in [6.45, 7) is 0.145. The third-order valence-corrected chi connectivity index (χ3v) is 3.05. The first-order valence-corrected chi connectivity index (χ1v) is 6.12. The standard InChI is InChI=1S/C14H11ClF2N2O/c15-11-4-3-10(6-13(11)17)19-7-9-2-1-8(14(18)20)5-12(9)16/h1-6,19H,7H2,(H2,18,20). The van der Waals surface area contributed by atoms with E-state index in [1.54, 1.807) is 6.07 Å². The number of benzene rings is 2. The minimum Gasteiger partial charge on any atom is -0.381 e. The fraction of sp³-hybridized carbons (Fsp3) is 0.0714. The van der Waals surface area contributed by atoms with Gasteiger partial charge in [-0.3, -0.25) is 4.79 Å². The van der Waals surface area contributed by atoms with Crippen molar-refractivity contribution in [3.8, 4) is 0 Å². The maximum atomic E-state index is 13.7. The number of primary amides is 1. The normalized spacial score (nSPS) is 10.3. The van der Waals surface area contributed by atoms with Gasteiger partial charge in [0.05, 0.1) is 5.02 Å². The van der Waals surface area contributed by atoms with Gasteiger partial charge in [0.15, 0.2) is 0 Å². The maximum absolute atomic E-state index is 13.7. The van der Waals surface area contributed by atoms with E-state index in [2.05, 4.69) is 5.32 Å². The van der Waals surface area contributed by atoms with Crippen molar-refractivity contribution in [1.29, 1.82) is 0 Å². The topological polar surface area (TPSA) is 55.1 Å². The Balaban J connectivity index is 2.10. The Morgan fingerprint density at radius 3 is 2.50 bits per heavy atom. The summed E-state index contributed by atoms with van der Waals surface area (Å²) in [7, 11) is 0. The van der Waals surface area contributed by atoms with Crippen LogP contribution in [0, 0.1) is 11.6 Å². The summed E-state index contributed by atoms with van der Waals surface area (Å²) >= 11 is 5.56. The number of rotatable bonds is 4. The number of carbonyl (C=O) groups excluding carboxylic acids is 1. The molecule has 6 heteroatoms. The maximum Gasteiger partial charge on any atom is 0.248 e. The molecule has 0 unspecified atom stereocenters. The van der Waals surface area contributed by atoms with Gasteiger partial charge in [0.25, 0.3) is 0 Å². The molecule has 0 aliphatic heterocycles. The van der Waals surface area contributed by atoms with Crippen molar-refractivity contribution < 1.29 is 13.6 Å². The SMILES string of the molecule is NC(=O)c1ccc(CNc2ccc(Cl)c(F)c2)c(F)c1. The second kappa shape index (κ2) is 5.88. The van der Waals surface area contributed by atoms with Crippen LogP contribution in [-0.4, -0.2) is 5.91 Å². The van der Waals surface area contributed by atoms with E-state index in [0.29, 0.717) is 11.3 Å². The predicted octanol–water partition coefficient (Wildman–Crippen LogP) is 3.33. The molecule has 0 spiro atoms. The van der Waals surface area contributed by atoms with Crippen molar-refractivity contribution in [1.82, 2.24) is 0 Å². The number of halogens is 3. The van der Waals surface area contributed by atoms with Gasteiger partial charge in [0.2, 0.25) is 5.91 Å². The van der Waals surface area contributed by atoms with E-state index in [-0.39, 0.29) is 17.1 Å². The van der Waals surface area contributed by atoms with Gasteiger partial charge in [-0.2, -0.15) is 0 Å². The van der Waals surface area contributed by atoms with Gasteiger partial charge >= 0.3 is 0 Å². The van der Waals surface area contributed by atoms with Crippen molar-refractivity contribution in [2.75, 3.05) is 5.32 Å². The molecule has 0 atom stereocenters. The molecule has 0 radical (unpaired) electrons. The van der Waals surface area contributed by atoms with Crippen molar-refractivity contribution in [2.45, 2.75) is 6.54 Å². The molecule has 0 bridgehead atoms. The minimum atomic E-state index is -0.691. The summed E-state index contributed by atoms with van der Waals surface area (Å²) in [6, 6.07) is 8.17. The number of nitrogens with one attached hydrogen (secondary N) is 1. The molecule has 0 saturated heterocycles. The Bertz CT molecular complexity index is 662. The van der Waals surface area contributed by atoms with Crippen molar-refractivity contribution >= 4 is 23.2 Å². The van der Waals surface area contributed by atoms with Crippen molar-refractivity contribution in [2.24, 2.45) is 5.73 Å². The minimum absolute atomic E-state index is 0.0209. The highest BCUT2D eigenvalue weighted by Gasteiger charge is 2.07. The van der Waals surface area contributed by atoms with Crippen molar-refractivity contribution in [3.05, 3.63) is 64.2 Å². The molecule has 0 aliphatic rings. The molecule has 3 nitrogen and oxygen atoms in total. The van der Waals surface area contributed by atoms with Crippen LogP contribution in [0.1, 0.15) is 15.9 Å². The van der Waals surface area contributed by atoms with Gasteiger partial charge in [-0.05, 0) is 30.3 Å². The number of nitrogens with two attached hydrogens (primary N) is 1. The largest absolute Gasteiger partial charge is 0.381 e. The van der Waals surface area contributed by atoms with Gasteiger partial charge in [-0.1, -0.05) is 17.7 Å². The molecule has 0 aliphatic carbocycles. The average Bonchev–Trinajstić information content (AvgIpc) is 2.41. The lowest BCUT2D eigenvalue weighted by molar-refractivity contribution is 0.1000. The molecule has 20 heavy (non-hydrogen) atoms. The first-order valence-electron chi connectivity index (χ1n) is 5.74. The zero-order chi connectivity index (χ0) is 14.7. The van der Waals surface area contributed by atoms with Crippen LogP contribution >= 0.6 is 11.6 Å². The third-order valence-electron chi connectivity index (χ3n) is 2.74. The number of anilines is 1. The van der Waals surface area contributed by atoms with E-state index in [9.17, 15) is 13.6 Å². The zero-order valence-corrected chi connectivity index (χ0v) is 11.0. The number of hydrogen-bond acceptors (Lipinski definition) is 2. The predicted molar refractivity (Wildman–Crippen MR) is 73.7 cm³/mol. The third kappa shape index (κ3) is 3.24. The average molecular weight is 297 g/mol. The fourth-order valence-electron chi connectivity index (χ4n) is 1.65. The van der Waals surface area contributed by atoms with Gasteiger partial charge < -0.3 is 11.1 Å². The van der Waals surface area contributed by atoms with Gasteiger partial charge in [-0.25, -0.2) is 8.78 Å². The van der Waals surface area contributed by atoms with Gasteiger partial charge in [0.1, 0.15) is 11.6 Å². The van der Waals surface area contributed by atoms with Gasteiger partial charge in [-0.15, -0.1) is 0 Å². The molecule has 104 valence electrons. The molecule has 3 N–H and O–H groups in total. The molecule has 0 heterocycles. The Hall–Kier alpha value is -2.14. The monoisotopic (exact) mass is 296 g/mol. The Morgan fingerprint density at radius 1 is 1.15 bits per heavy atom. The Labute approximate surface area is 119 Å². The van der Waals surface area contributed by atoms with E-state index >= 15 is 0 Å². The smallest absolute Gasteiger partial charge is 0.248 e. The van der Waals surface area contributed by atoms with Crippen LogP contribution in [0.15, 0.2) is 36.4 Å². The van der Waals surface area contributed by atoms with E-state index < -0.39 is 17.5 Å². The summed E-state index contributed by atoms with van der Waals surface area (Å²) in [5, 5.41) is 2.88. The highest BCUT2D eigenvalue weighted by atomic mass is 35.5. The molecule has 2 aromatic rings. The van der Waals surface area contributed by atoms with Crippen LogP contribution in [0.4, 0.5) is 14.5 Å². The van der Waals surface area contributed by atoms with Crippen LogP contribution in [0.25, 0.3) is 0 Å². The molecule has 2 aromatic carbocycles. The van der Waals surface area contributed by atoms with E-state index in [1.807, 2.05) is 0 Å². The van der Waals surface area contributed by atoms with Crippen molar-refractivity contribution in [3.63, 3.8) is 0 Å². The van der Waals surface area contributed by atoms with Crippen LogP contribution in [0.2, 0.25) is 5.02 Å².